The number of nitrogens with two attached hydrogens (primary N) is 1. The van der Waals surface area contributed by atoms with Crippen LogP contribution in [0.3, 0.4) is 0 Å². The molecule has 0 spiro atoms. The molecule has 194 valence electrons. The lowest BCUT2D eigenvalue weighted by Crippen LogP contribution is -2.52. The third kappa shape index (κ3) is 5.74. The number of hydrogen-bond donors (Lipinski definition) is 2. The van der Waals surface area contributed by atoms with Crippen molar-refractivity contribution in [2.75, 3.05) is 38.6 Å². The number of nitrogens with zero attached hydrogens (tertiary/aromatic N) is 7. The van der Waals surface area contributed by atoms with E-state index >= 15 is 0 Å². The summed E-state index contributed by atoms with van der Waals surface area (Å²) in [6.07, 6.45) is 5.83. The molecule has 3 atom stereocenters. The molecule has 1 aliphatic rings. The number of amides is 1. The molecule has 2 aromatic rings. The molecule has 0 saturated carbocycles. The minimum absolute atomic E-state index is 0.0106. The number of unbranched alkanes of at least 4 members (excludes halogenated alkanes) is 1. The number of carboxylic acids is 1. The molecular formula is C24H34N8O3S. The number of nitriles is 1. The van der Waals surface area contributed by atoms with Crippen LogP contribution in [0.15, 0.2) is 18.6 Å². The Balaban J connectivity index is 1.87. The Labute approximate surface area is 216 Å². The summed E-state index contributed by atoms with van der Waals surface area (Å²) in [5, 5.41) is 19.8. The number of likely N-dealkylation sites (N-methyl/N-ethyl adjacent to an activating group) is 2. The predicted octanol–water partition coefficient (Wildman–Crippen LogP) is 1.67. The first-order valence-corrected chi connectivity index (χ1v) is 12.5. The smallest absolute Gasteiger partial charge is 0.326 e. The van der Waals surface area contributed by atoms with Gasteiger partial charge >= 0.3 is 5.97 Å². The monoisotopic (exact) mass is 514 g/mol. The van der Waals surface area contributed by atoms with Crippen molar-refractivity contribution in [3.05, 3.63) is 18.6 Å². The van der Waals surface area contributed by atoms with E-state index in [1.165, 1.54) is 6.33 Å². The molecule has 1 saturated heterocycles. The van der Waals surface area contributed by atoms with Crippen molar-refractivity contribution in [3.63, 3.8) is 0 Å². The summed E-state index contributed by atoms with van der Waals surface area (Å²) in [6.45, 7) is 3.81. The van der Waals surface area contributed by atoms with E-state index in [1.807, 2.05) is 19.2 Å². The molecule has 0 unspecified atom stereocenters. The zero-order valence-electron chi connectivity index (χ0n) is 21.0. The zero-order chi connectivity index (χ0) is 26.4. The van der Waals surface area contributed by atoms with Crippen molar-refractivity contribution in [2.45, 2.75) is 51.1 Å². The van der Waals surface area contributed by atoms with E-state index in [2.05, 4.69) is 21.8 Å². The summed E-state index contributed by atoms with van der Waals surface area (Å²) in [5.74, 6) is -0.0848. The molecule has 0 radical (unpaired) electrons. The number of likely N-dealkylation sites (tertiary alicyclic amines) is 1. The van der Waals surface area contributed by atoms with Crippen molar-refractivity contribution in [2.24, 2.45) is 11.7 Å². The van der Waals surface area contributed by atoms with Gasteiger partial charge in [0.2, 0.25) is 5.91 Å². The second-order valence-electron chi connectivity index (χ2n) is 9.27. The van der Waals surface area contributed by atoms with Crippen molar-refractivity contribution >= 4 is 46.1 Å². The first kappa shape index (κ1) is 27.3. The molecule has 2 aromatic heterocycles. The van der Waals surface area contributed by atoms with Crippen LogP contribution in [0.1, 0.15) is 39.0 Å². The van der Waals surface area contributed by atoms with Gasteiger partial charge in [0.1, 0.15) is 24.6 Å². The number of carbonyl (C=O) groups excluding carboxylic acids is 1. The predicted molar refractivity (Wildman–Crippen MR) is 140 cm³/mol. The fourth-order valence-corrected chi connectivity index (χ4v) is 5.03. The van der Waals surface area contributed by atoms with Crippen LogP contribution in [-0.4, -0.2) is 92.2 Å². The third-order valence-electron chi connectivity index (χ3n) is 6.99. The van der Waals surface area contributed by atoms with Crippen LogP contribution >= 0.6 is 12.2 Å². The second kappa shape index (κ2) is 12.1. The number of fused-ring (bicyclic) bond motifs is 1. The summed E-state index contributed by atoms with van der Waals surface area (Å²) in [6, 6.07) is 3.05. The second-order valence-corrected chi connectivity index (χ2v) is 9.64. The fourth-order valence-electron chi connectivity index (χ4n) is 4.76. The highest BCUT2D eigenvalue weighted by molar-refractivity contribution is 7.80. The number of carbonyl (C=O) groups is 2. The van der Waals surface area contributed by atoms with Crippen LogP contribution in [-0.2, 0) is 9.59 Å². The minimum atomic E-state index is -0.940. The summed E-state index contributed by atoms with van der Waals surface area (Å²) >= 11 is 5.68. The first-order valence-electron chi connectivity index (χ1n) is 12.1. The van der Waals surface area contributed by atoms with E-state index in [4.69, 9.17) is 23.2 Å². The first-order chi connectivity index (χ1) is 17.2. The van der Waals surface area contributed by atoms with Gasteiger partial charge in [-0.05, 0) is 56.4 Å². The average molecular weight is 515 g/mol. The molecule has 36 heavy (non-hydrogen) atoms. The Morgan fingerprint density at radius 3 is 2.78 bits per heavy atom. The molecule has 3 N–H and O–H groups in total. The number of rotatable bonds is 9. The molecule has 1 aliphatic heterocycles. The van der Waals surface area contributed by atoms with Gasteiger partial charge in [-0.3, -0.25) is 9.36 Å². The van der Waals surface area contributed by atoms with Gasteiger partial charge in [0.15, 0.2) is 10.8 Å². The number of aromatic nitrogens is 3. The number of hydrogen-bond acceptors (Lipinski definition) is 8. The van der Waals surface area contributed by atoms with Gasteiger partial charge in [0.05, 0.1) is 17.5 Å². The Bertz CT molecular complexity index is 1150. The molecule has 3 heterocycles. The molecule has 1 amide bonds. The molecule has 11 nitrogen and oxygen atoms in total. The Morgan fingerprint density at radius 2 is 2.11 bits per heavy atom. The van der Waals surface area contributed by atoms with Gasteiger partial charge in [-0.1, -0.05) is 6.92 Å². The topological polar surface area (TPSA) is 145 Å². The molecule has 12 heteroatoms. The van der Waals surface area contributed by atoms with Crippen LogP contribution in [0.5, 0.6) is 0 Å². The molecule has 0 aromatic carbocycles. The van der Waals surface area contributed by atoms with E-state index in [1.54, 1.807) is 27.6 Å². The highest BCUT2D eigenvalue weighted by Gasteiger charge is 2.33. The lowest BCUT2D eigenvalue weighted by atomic mass is 9.92. The zero-order valence-corrected chi connectivity index (χ0v) is 21.8. The van der Waals surface area contributed by atoms with Crippen molar-refractivity contribution in [3.8, 4) is 6.07 Å². The van der Waals surface area contributed by atoms with Crippen LogP contribution < -0.4 is 10.6 Å². The van der Waals surface area contributed by atoms with Crippen molar-refractivity contribution in [1.29, 1.82) is 5.26 Å². The average Bonchev–Trinajstić information content (AvgIpc) is 3.30. The molecule has 3 rings (SSSR count). The number of aliphatic carboxylic acids is 1. The van der Waals surface area contributed by atoms with Gasteiger partial charge in [-0.15, -0.1) is 0 Å². The summed E-state index contributed by atoms with van der Waals surface area (Å²) in [7, 11) is 3.63. The molecular weight excluding hydrogens is 480 g/mol. The SMILES string of the molecule is C[C@@H]1CCN(C(=O)CC#N)C[C@@H]1N(C)c1ncnc2c1ccn2C(=S)N(C)[C@@H](CCCCN)C(=O)O. The van der Waals surface area contributed by atoms with E-state index < -0.39 is 12.0 Å². The number of carboxylic acid groups (broad SMARTS) is 1. The van der Waals surface area contributed by atoms with Gasteiger partial charge in [0.25, 0.3) is 0 Å². The number of anilines is 1. The normalized spacial score (nSPS) is 18.5. The summed E-state index contributed by atoms with van der Waals surface area (Å²) < 4.78 is 1.70. The largest absolute Gasteiger partial charge is 0.480 e. The number of thiocarbonyl (C=S) groups is 1. The third-order valence-corrected chi connectivity index (χ3v) is 7.47. The van der Waals surface area contributed by atoms with Crippen LogP contribution in [0, 0.1) is 17.2 Å². The van der Waals surface area contributed by atoms with Gasteiger partial charge in [-0.2, -0.15) is 5.26 Å². The Hall–Kier alpha value is -3.30. The Morgan fingerprint density at radius 1 is 1.36 bits per heavy atom. The van der Waals surface area contributed by atoms with Crippen molar-refractivity contribution < 1.29 is 14.7 Å². The maximum atomic E-state index is 12.3. The molecule has 0 bridgehead atoms. The quantitative estimate of drug-likeness (QED) is 0.374. The summed E-state index contributed by atoms with van der Waals surface area (Å²) in [5.41, 5.74) is 6.14. The fraction of sp³-hybridized carbons (Fsp3) is 0.583. The van der Waals surface area contributed by atoms with E-state index in [9.17, 15) is 14.7 Å². The standard InChI is InChI=1S/C24H34N8O3S/c1-16-8-12-31(20(33)7-11-26)14-19(16)29(2)21-17-9-13-32(22(17)28-15-27-21)24(36)30(3)18(23(34)35)6-4-5-10-25/h9,13,15-16,18-19H,4-8,10,12,14,25H2,1-3H3,(H,34,35)/t16-,18+,19+/m1/s1. The van der Waals surface area contributed by atoms with Gasteiger partial charge in [-0.25, -0.2) is 14.8 Å². The number of piperidine rings is 1. The van der Waals surface area contributed by atoms with E-state index in [0.29, 0.717) is 55.0 Å². The highest BCUT2D eigenvalue weighted by atomic mass is 32.1. The van der Waals surface area contributed by atoms with Gasteiger partial charge < -0.3 is 25.5 Å². The maximum Gasteiger partial charge on any atom is 0.326 e. The highest BCUT2D eigenvalue weighted by Crippen LogP contribution is 2.30. The Kier molecular flexibility index (Phi) is 9.17. The van der Waals surface area contributed by atoms with E-state index in [-0.39, 0.29) is 18.4 Å². The van der Waals surface area contributed by atoms with E-state index in [0.717, 1.165) is 18.2 Å². The minimum Gasteiger partial charge on any atom is -0.480 e. The summed E-state index contributed by atoms with van der Waals surface area (Å²) in [4.78, 5) is 38.6. The van der Waals surface area contributed by atoms with Crippen LogP contribution in [0.4, 0.5) is 5.82 Å². The van der Waals surface area contributed by atoms with Gasteiger partial charge in [0, 0.05) is 33.4 Å². The lowest BCUT2D eigenvalue weighted by molar-refractivity contribution is -0.141. The van der Waals surface area contributed by atoms with Crippen LogP contribution in [0.25, 0.3) is 11.0 Å². The molecule has 0 aliphatic carbocycles. The lowest BCUT2D eigenvalue weighted by Gasteiger charge is -2.42. The molecule has 1 fully saturated rings. The van der Waals surface area contributed by atoms with Crippen molar-refractivity contribution in [1.82, 2.24) is 24.3 Å². The van der Waals surface area contributed by atoms with Crippen LogP contribution in [0.2, 0.25) is 0 Å². The maximum absolute atomic E-state index is 12.3.